The van der Waals surface area contributed by atoms with E-state index in [1.54, 1.807) is 0 Å². The number of esters is 3. The van der Waals surface area contributed by atoms with E-state index < -0.39 is 17.9 Å². The number of ether oxygens (including phenoxy) is 4. The van der Waals surface area contributed by atoms with E-state index in [-0.39, 0.29) is 37.4 Å². The molecule has 138 valence electrons. The van der Waals surface area contributed by atoms with Crippen molar-refractivity contribution in [2.45, 2.75) is 39.2 Å². The topological polar surface area (TPSA) is 91.4 Å². The average molecular weight is 352 g/mol. The summed E-state index contributed by atoms with van der Waals surface area (Å²) in [5.41, 5.74) is 1.01. The molecular formula is C18H24O7. The quantitative estimate of drug-likeness (QED) is 0.216. The largest absolute Gasteiger partial charge is 0.459 e. The van der Waals surface area contributed by atoms with Gasteiger partial charge in [-0.1, -0.05) is 13.5 Å². The van der Waals surface area contributed by atoms with Gasteiger partial charge in [-0.25, -0.2) is 14.4 Å². The van der Waals surface area contributed by atoms with Gasteiger partial charge in [0.1, 0.15) is 25.9 Å². The maximum Gasteiger partial charge on any atom is 0.334 e. The smallest absolute Gasteiger partial charge is 0.334 e. The van der Waals surface area contributed by atoms with Crippen LogP contribution in [-0.2, 0) is 33.3 Å². The molecule has 1 heterocycles. The van der Waals surface area contributed by atoms with Crippen molar-refractivity contribution in [2.75, 3.05) is 26.4 Å². The highest BCUT2D eigenvalue weighted by molar-refractivity contribution is 6.00. The van der Waals surface area contributed by atoms with Crippen LogP contribution in [0.2, 0.25) is 0 Å². The van der Waals surface area contributed by atoms with Crippen molar-refractivity contribution in [2.24, 2.45) is 5.92 Å². The lowest BCUT2D eigenvalue weighted by Gasteiger charge is -2.22. The molecule has 0 bridgehead atoms. The first-order valence-electron chi connectivity index (χ1n) is 8.39. The fourth-order valence-corrected chi connectivity index (χ4v) is 2.45. The van der Waals surface area contributed by atoms with E-state index in [1.165, 1.54) is 6.92 Å². The van der Waals surface area contributed by atoms with Gasteiger partial charge in [-0.15, -0.1) is 0 Å². The molecule has 7 nitrogen and oxygen atoms in total. The highest BCUT2D eigenvalue weighted by Gasteiger charge is 2.31. The Morgan fingerprint density at radius 1 is 1.12 bits per heavy atom. The van der Waals surface area contributed by atoms with Gasteiger partial charge < -0.3 is 18.9 Å². The van der Waals surface area contributed by atoms with Gasteiger partial charge >= 0.3 is 17.9 Å². The Bertz CT molecular complexity index is 586. The van der Waals surface area contributed by atoms with Gasteiger partial charge in [0.15, 0.2) is 0 Å². The highest BCUT2D eigenvalue weighted by atomic mass is 16.6. The van der Waals surface area contributed by atoms with E-state index in [9.17, 15) is 14.4 Å². The van der Waals surface area contributed by atoms with Crippen LogP contribution >= 0.6 is 0 Å². The van der Waals surface area contributed by atoms with Crippen LogP contribution in [0, 0.1) is 5.92 Å². The summed E-state index contributed by atoms with van der Waals surface area (Å²) in [6.07, 6.45) is 1.75. The molecule has 0 radical (unpaired) electrons. The SMILES string of the molecule is C=C(C)C(=O)OCCOC(=O)C1=C(C(=O)OCC2CO2)CCC(C)C1. The summed E-state index contributed by atoms with van der Waals surface area (Å²) in [7, 11) is 0. The van der Waals surface area contributed by atoms with Crippen molar-refractivity contribution in [3.05, 3.63) is 23.3 Å². The van der Waals surface area contributed by atoms with Crippen LogP contribution in [0.4, 0.5) is 0 Å². The third-order valence-corrected chi connectivity index (χ3v) is 4.00. The Morgan fingerprint density at radius 2 is 1.76 bits per heavy atom. The molecule has 25 heavy (non-hydrogen) atoms. The van der Waals surface area contributed by atoms with Crippen molar-refractivity contribution < 1.29 is 33.3 Å². The van der Waals surface area contributed by atoms with E-state index in [1.807, 2.05) is 6.92 Å². The third-order valence-electron chi connectivity index (χ3n) is 4.00. The molecule has 2 atom stereocenters. The number of hydrogen-bond acceptors (Lipinski definition) is 7. The first-order valence-corrected chi connectivity index (χ1v) is 8.39. The van der Waals surface area contributed by atoms with Crippen molar-refractivity contribution >= 4 is 17.9 Å². The van der Waals surface area contributed by atoms with Crippen molar-refractivity contribution in [3.8, 4) is 0 Å². The van der Waals surface area contributed by atoms with Gasteiger partial charge in [-0.2, -0.15) is 0 Å². The van der Waals surface area contributed by atoms with E-state index in [0.717, 1.165) is 6.42 Å². The van der Waals surface area contributed by atoms with E-state index in [0.29, 0.717) is 30.6 Å². The molecule has 2 unspecified atom stereocenters. The molecule has 1 aliphatic carbocycles. The first kappa shape index (κ1) is 19.2. The monoisotopic (exact) mass is 352 g/mol. The van der Waals surface area contributed by atoms with Crippen LogP contribution in [0.25, 0.3) is 0 Å². The Labute approximate surface area is 146 Å². The van der Waals surface area contributed by atoms with Gasteiger partial charge in [0, 0.05) is 16.7 Å². The number of carbonyl (C=O) groups excluding carboxylic acids is 3. The lowest BCUT2D eigenvalue weighted by molar-refractivity contribution is -0.148. The number of rotatable bonds is 8. The summed E-state index contributed by atoms with van der Waals surface area (Å²) >= 11 is 0. The van der Waals surface area contributed by atoms with E-state index >= 15 is 0 Å². The molecule has 2 rings (SSSR count). The summed E-state index contributed by atoms with van der Waals surface area (Å²) < 4.78 is 20.2. The van der Waals surface area contributed by atoms with Crippen molar-refractivity contribution in [1.82, 2.24) is 0 Å². The zero-order chi connectivity index (χ0) is 18.4. The summed E-state index contributed by atoms with van der Waals surface area (Å²) in [6, 6.07) is 0. The summed E-state index contributed by atoms with van der Waals surface area (Å²) in [5, 5.41) is 0. The Balaban J connectivity index is 1.90. The predicted molar refractivity (Wildman–Crippen MR) is 87.5 cm³/mol. The molecule has 0 amide bonds. The minimum Gasteiger partial charge on any atom is -0.459 e. The summed E-state index contributed by atoms with van der Waals surface area (Å²) in [6.45, 7) is 7.69. The molecule has 0 aromatic heterocycles. The number of hydrogen-bond donors (Lipinski definition) is 0. The van der Waals surface area contributed by atoms with E-state index in [2.05, 4.69) is 6.58 Å². The van der Waals surface area contributed by atoms with Gasteiger partial charge in [0.2, 0.25) is 0 Å². The van der Waals surface area contributed by atoms with Crippen molar-refractivity contribution in [1.29, 1.82) is 0 Å². The molecule has 7 heteroatoms. The average Bonchev–Trinajstić information content (AvgIpc) is 3.40. The van der Waals surface area contributed by atoms with Gasteiger partial charge in [0.25, 0.3) is 0 Å². The lowest BCUT2D eigenvalue weighted by Crippen LogP contribution is -2.24. The zero-order valence-corrected chi connectivity index (χ0v) is 14.7. The second-order valence-corrected chi connectivity index (χ2v) is 6.41. The van der Waals surface area contributed by atoms with Crippen LogP contribution in [0.15, 0.2) is 23.3 Å². The van der Waals surface area contributed by atoms with Gasteiger partial charge in [-0.3, -0.25) is 0 Å². The van der Waals surface area contributed by atoms with Gasteiger partial charge in [0.05, 0.1) is 6.61 Å². The minimum absolute atomic E-state index is 0.0227. The molecule has 0 spiro atoms. The molecular weight excluding hydrogens is 328 g/mol. The first-order chi connectivity index (χ1) is 11.9. The molecule has 2 aliphatic rings. The Hall–Kier alpha value is -2.15. The van der Waals surface area contributed by atoms with Gasteiger partial charge in [-0.05, 0) is 32.1 Å². The second kappa shape index (κ2) is 8.80. The fraction of sp³-hybridized carbons (Fsp3) is 0.611. The predicted octanol–water partition coefficient (Wildman–Crippen LogP) is 1.71. The van der Waals surface area contributed by atoms with Crippen LogP contribution < -0.4 is 0 Å². The van der Waals surface area contributed by atoms with E-state index in [4.69, 9.17) is 18.9 Å². The minimum atomic E-state index is -0.562. The molecule has 1 saturated heterocycles. The Morgan fingerprint density at radius 3 is 2.40 bits per heavy atom. The maximum atomic E-state index is 12.3. The molecule has 1 aliphatic heterocycles. The van der Waals surface area contributed by atoms with Crippen LogP contribution in [0.1, 0.15) is 33.1 Å². The molecule has 0 aromatic rings. The fourth-order valence-electron chi connectivity index (χ4n) is 2.45. The number of carbonyl (C=O) groups is 3. The van der Waals surface area contributed by atoms with Crippen molar-refractivity contribution in [3.63, 3.8) is 0 Å². The van der Waals surface area contributed by atoms with Crippen LogP contribution in [0.3, 0.4) is 0 Å². The Kier molecular flexibility index (Phi) is 6.75. The highest BCUT2D eigenvalue weighted by Crippen LogP contribution is 2.31. The lowest BCUT2D eigenvalue weighted by atomic mass is 9.85. The molecule has 0 N–H and O–H groups in total. The van der Waals surface area contributed by atoms with Crippen LogP contribution in [0.5, 0.6) is 0 Å². The summed E-state index contributed by atoms with van der Waals surface area (Å²) in [4.78, 5) is 35.8. The normalized spacial score (nSPS) is 22.2. The summed E-state index contributed by atoms with van der Waals surface area (Å²) in [5.74, 6) is -1.30. The maximum absolute atomic E-state index is 12.3. The third kappa shape index (κ3) is 6.01. The molecule has 0 aromatic carbocycles. The second-order valence-electron chi connectivity index (χ2n) is 6.41. The van der Waals surface area contributed by atoms with Crippen LogP contribution in [-0.4, -0.2) is 50.4 Å². The molecule has 0 saturated carbocycles. The number of epoxide rings is 1. The standard InChI is InChI=1S/C18H24O7/c1-11(2)16(19)22-6-7-23-18(21)15-8-12(3)4-5-14(15)17(20)25-10-13-9-24-13/h12-13H,1,4-10H2,2-3H3. The molecule has 1 fully saturated rings. The zero-order valence-electron chi connectivity index (χ0n) is 14.7.